The Morgan fingerprint density at radius 1 is 1.24 bits per heavy atom. The summed E-state index contributed by atoms with van der Waals surface area (Å²) >= 11 is 5.89. The van der Waals surface area contributed by atoms with Crippen molar-refractivity contribution in [3.63, 3.8) is 0 Å². The van der Waals surface area contributed by atoms with E-state index in [9.17, 15) is 0 Å². The zero-order valence-corrected chi connectivity index (χ0v) is 14.3. The fourth-order valence-corrected chi connectivity index (χ4v) is 3.02. The summed E-state index contributed by atoms with van der Waals surface area (Å²) in [5, 5.41) is 0. The molecule has 0 radical (unpaired) electrons. The molecule has 0 spiro atoms. The van der Waals surface area contributed by atoms with E-state index in [0.29, 0.717) is 12.5 Å². The highest BCUT2D eigenvalue weighted by atomic mass is 35.5. The van der Waals surface area contributed by atoms with Gasteiger partial charge in [0.2, 0.25) is 0 Å². The Bertz CT molecular complexity index is 497. The molecule has 0 bridgehead atoms. The Hall–Kier alpha value is -0.930. The van der Waals surface area contributed by atoms with Crippen LogP contribution in [-0.2, 0) is 10.6 Å². The minimum absolute atomic E-state index is 0.00597. The van der Waals surface area contributed by atoms with Crippen LogP contribution in [0.25, 0.3) is 0 Å². The lowest BCUT2D eigenvalue weighted by molar-refractivity contribution is -0.0847. The van der Waals surface area contributed by atoms with E-state index in [4.69, 9.17) is 25.8 Å². The molecule has 1 heterocycles. The summed E-state index contributed by atoms with van der Waals surface area (Å²) in [6.45, 7) is 10.9. The van der Waals surface area contributed by atoms with Crippen molar-refractivity contribution in [3.8, 4) is 11.5 Å². The van der Waals surface area contributed by atoms with E-state index in [2.05, 4.69) is 27.7 Å². The zero-order chi connectivity index (χ0) is 15.7. The van der Waals surface area contributed by atoms with E-state index in [0.717, 1.165) is 23.5 Å². The van der Waals surface area contributed by atoms with Gasteiger partial charge in [0.1, 0.15) is 11.7 Å². The molecule has 0 N–H and O–H groups in total. The number of ether oxygens (including phenoxy) is 3. The van der Waals surface area contributed by atoms with E-state index in [1.54, 1.807) is 0 Å². The molecule has 3 nitrogen and oxygen atoms in total. The first-order chi connectivity index (χ1) is 9.77. The van der Waals surface area contributed by atoms with Crippen LogP contribution in [0.4, 0.5) is 0 Å². The maximum absolute atomic E-state index is 6.22. The maximum atomic E-state index is 6.22. The molecule has 1 saturated heterocycles. The molecular weight excluding hydrogens is 288 g/mol. The summed E-state index contributed by atoms with van der Waals surface area (Å²) in [5.41, 5.74) is 0.531. The molecular formula is C17H25ClO3. The highest BCUT2D eigenvalue weighted by molar-refractivity contribution is 6.17. The summed E-state index contributed by atoms with van der Waals surface area (Å²) in [4.78, 5) is 0. The van der Waals surface area contributed by atoms with Gasteiger partial charge in [0.15, 0.2) is 11.5 Å². The van der Waals surface area contributed by atoms with Gasteiger partial charge in [-0.05, 0) is 52.3 Å². The summed E-state index contributed by atoms with van der Waals surface area (Å²) in [5.74, 6) is 1.96. The number of rotatable bonds is 5. The van der Waals surface area contributed by atoms with E-state index < -0.39 is 0 Å². The summed E-state index contributed by atoms with van der Waals surface area (Å²) in [6.07, 6.45) is 0.844. The minimum atomic E-state index is -0.321. The number of hydrogen-bond acceptors (Lipinski definition) is 3. The second-order valence-corrected chi connectivity index (χ2v) is 6.89. The van der Waals surface area contributed by atoms with E-state index in [1.165, 1.54) is 0 Å². The van der Waals surface area contributed by atoms with Crippen LogP contribution >= 0.6 is 11.6 Å². The molecule has 2 rings (SSSR count). The number of alkyl halides is 1. The first kappa shape index (κ1) is 16.4. The average molecular weight is 313 g/mol. The van der Waals surface area contributed by atoms with Gasteiger partial charge < -0.3 is 14.2 Å². The predicted molar refractivity (Wildman–Crippen MR) is 85.4 cm³/mol. The zero-order valence-electron chi connectivity index (χ0n) is 13.5. The Balaban J connectivity index is 2.23. The lowest BCUT2D eigenvalue weighted by Gasteiger charge is -2.28. The van der Waals surface area contributed by atoms with Crippen molar-refractivity contribution in [1.29, 1.82) is 0 Å². The van der Waals surface area contributed by atoms with Crippen LogP contribution in [0.3, 0.4) is 0 Å². The number of benzene rings is 1. The standard InChI is InChI=1S/C17H25ClO3/c1-6-19-14-9-12(11-18)7-8-13(14)20-15-10-16(2,3)21-17(15,4)5/h7-9,15H,6,10-11H2,1-5H3. The molecule has 1 aliphatic rings. The van der Waals surface area contributed by atoms with Gasteiger partial charge in [-0.3, -0.25) is 0 Å². The molecule has 1 unspecified atom stereocenters. The first-order valence-electron chi connectivity index (χ1n) is 7.46. The summed E-state index contributed by atoms with van der Waals surface area (Å²) < 4.78 is 18.0. The maximum Gasteiger partial charge on any atom is 0.161 e. The van der Waals surface area contributed by atoms with E-state index in [-0.39, 0.29) is 17.3 Å². The Kier molecular flexibility index (Phi) is 4.74. The number of hydrogen-bond donors (Lipinski definition) is 0. The van der Waals surface area contributed by atoms with Gasteiger partial charge in [0.25, 0.3) is 0 Å². The van der Waals surface area contributed by atoms with Gasteiger partial charge >= 0.3 is 0 Å². The Labute approximate surface area is 132 Å². The highest BCUT2D eigenvalue weighted by Crippen LogP contribution is 2.41. The predicted octanol–water partition coefficient (Wildman–Crippen LogP) is 4.55. The smallest absolute Gasteiger partial charge is 0.161 e. The van der Waals surface area contributed by atoms with Crippen LogP contribution in [0.2, 0.25) is 0 Å². The largest absolute Gasteiger partial charge is 0.490 e. The van der Waals surface area contributed by atoms with Crippen LogP contribution in [-0.4, -0.2) is 23.9 Å². The fourth-order valence-electron chi connectivity index (χ4n) is 2.85. The molecule has 0 aromatic heterocycles. The monoisotopic (exact) mass is 312 g/mol. The molecule has 1 aromatic rings. The van der Waals surface area contributed by atoms with Crippen LogP contribution < -0.4 is 9.47 Å². The van der Waals surface area contributed by atoms with Crippen LogP contribution in [0.1, 0.15) is 46.6 Å². The third kappa shape index (κ3) is 3.83. The SMILES string of the molecule is CCOc1cc(CCl)ccc1OC1CC(C)(C)OC1(C)C. The van der Waals surface area contributed by atoms with Crippen LogP contribution in [0, 0.1) is 0 Å². The average Bonchev–Trinajstić information content (AvgIpc) is 2.59. The molecule has 1 fully saturated rings. The second kappa shape index (κ2) is 6.05. The van der Waals surface area contributed by atoms with Gasteiger partial charge in [-0.1, -0.05) is 6.07 Å². The van der Waals surface area contributed by atoms with Crippen molar-refractivity contribution in [1.82, 2.24) is 0 Å². The Morgan fingerprint density at radius 3 is 2.48 bits per heavy atom. The normalized spacial score (nSPS) is 23.0. The van der Waals surface area contributed by atoms with Crippen molar-refractivity contribution >= 4 is 11.6 Å². The fraction of sp³-hybridized carbons (Fsp3) is 0.647. The molecule has 1 aromatic carbocycles. The first-order valence-corrected chi connectivity index (χ1v) is 7.99. The summed E-state index contributed by atoms with van der Waals surface area (Å²) in [7, 11) is 0. The third-order valence-electron chi connectivity index (χ3n) is 3.72. The lowest BCUT2D eigenvalue weighted by atomic mass is 9.97. The van der Waals surface area contributed by atoms with Gasteiger partial charge in [-0.25, -0.2) is 0 Å². The van der Waals surface area contributed by atoms with Gasteiger partial charge in [0, 0.05) is 12.3 Å². The minimum Gasteiger partial charge on any atom is -0.490 e. The van der Waals surface area contributed by atoms with E-state index in [1.807, 2.05) is 25.1 Å². The van der Waals surface area contributed by atoms with Crippen LogP contribution in [0.15, 0.2) is 18.2 Å². The quantitative estimate of drug-likeness (QED) is 0.747. The second-order valence-electron chi connectivity index (χ2n) is 6.62. The van der Waals surface area contributed by atoms with Gasteiger partial charge in [0.05, 0.1) is 12.2 Å². The molecule has 118 valence electrons. The molecule has 1 aliphatic heterocycles. The Morgan fingerprint density at radius 2 is 1.95 bits per heavy atom. The molecule has 0 saturated carbocycles. The van der Waals surface area contributed by atoms with Crippen molar-refractivity contribution in [2.24, 2.45) is 0 Å². The topological polar surface area (TPSA) is 27.7 Å². The third-order valence-corrected chi connectivity index (χ3v) is 4.03. The lowest BCUT2D eigenvalue weighted by Crippen LogP contribution is -2.36. The highest BCUT2D eigenvalue weighted by Gasteiger charge is 2.47. The van der Waals surface area contributed by atoms with Gasteiger partial charge in [-0.2, -0.15) is 0 Å². The van der Waals surface area contributed by atoms with Crippen molar-refractivity contribution in [2.45, 2.75) is 64.2 Å². The molecule has 0 amide bonds. The van der Waals surface area contributed by atoms with Crippen LogP contribution in [0.5, 0.6) is 11.5 Å². The number of halogens is 1. The molecule has 4 heteroatoms. The van der Waals surface area contributed by atoms with E-state index >= 15 is 0 Å². The van der Waals surface area contributed by atoms with Crippen molar-refractivity contribution < 1.29 is 14.2 Å². The molecule has 21 heavy (non-hydrogen) atoms. The molecule has 0 aliphatic carbocycles. The van der Waals surface area contributed by atoms with Crippen molar-refractivity contribution in [3.05, 3.63) is 23.8 Å². The van der Waals surface area contributed by atoms with Gasteiger partial charge in [-0.15, -0.1) is 11.6 Å². The summed E-state index contributed by atoms with van der Waals surface area (Å²) in [6, 6.07) is 5.85. The van der Waals surface area contributed by atoms with Crippen molar-refractivity contribution in [2.75, 3.05) is 6.61 Å². The molecule has 1 atom stereocenters.